The number of aryl methyl sites for hydroxylation is 1. The van der Waals surface area contributed by atoms with E-state index in [0.29, 0.717) is 5.82 Å². The van der Waals surface area contributed by atoms with Crippen molar-refractivity contribution >= 4 is 36.2 Å². The lowest BCUT2D eigenvalue weighted by Gasteiger charge is -2.22. The molecule has 2 aliphatic heterocycles. The Morgan fingerprint density at radius 3 is 2.63 bits per heavy atom. The number of imidazole rings is 1. The van der Waals surface area contributed by atoms with Crippen molar-refractivity contribution < 1.29 is 33.3 Å². The normalized spacial score (nSPS) is 29.2. The first-order valence-corrected chi connectivity index (χ1v) is 14.1. The molecule has 2 saturated heterocycles. The molecule has 0 aliphatic carbocycles. The second-order valence-electron chi connectivity index (χ2n) is 8.77. The maximum atomic E-state index is 13.0. The van der Waals surface area contributed by atoms with Crippen molar-refractivity contribution in [1.82, 2.24) is 34.1 Å². The number of H-pyrrole nitrogens is 1. The fraction of sp³-hybridized carbons (Fsp3) is 0.579. The molecule has 3 aromatic heterocycles. The van der Waals surface area contributed by atoms with Gasteiger partial charge in [-0.15, -0.1) is 0 Å². The predicted octanol–water partition coefficient (Wildman–Crippen LogP) is -0.970. The largest absolute Gasteiger partial charge is 0.394 e. The molecule has 5 rings (SSSR count). The predicted molar refractivity (Wildman–Crippen MR) is 131 cm³/mol. The van der Waals surface area contributed by atoms with Gasteiger partial charge in [0.05, 0.1) is 25.6 Å². The van der Waals surface area contributed by atoms with Crippen LogP contribution in [0.4, 0.5) is 5.95 Å². The Kier molecular flexibility index (Phi) is 7.40. The number of aromatic amines is 1. The molecule has 3 aromatic rings. The van der Waals surface area contributed by atoms with Gasteiger partial charge in [-0.2, -0.15) is 4.98 Å². The first-order chi connectivity index (χ1) is 18.0. The van der Waals surface area contributed by atoms with E-state index in [1.54, 1.807) is 6.92 Å². The molecule has 0 radical (unpaired) electrons. The van der Waals surface area contributed by atoms with Crippen LogP contribution in [-0.4, -0.2) is 81.9 Å². The van der Waals surface area contributed by atoms with E-state index in [-0.39, 0.29) is 36.6 Å². The summed E-state index contributed by atoms with van der Waals surface area (Å²) < 4.78 is 38.1. The number of ether oxygens (including phenoxy) is 2. The molecule has 19 heteroatoms. The summed E-state index contributed by atoms with van der Waals surface area (Å²) in [5, 5.41) is 20.2. The van der Waals surface area contributed by atoms with Gasteiger partial charge in [-0.3, -0.25) is 23.0 Å². The molecule has 2 fully saturated rings. The Morgan fingerprint density at radius 1 is 1.18 bits per heavy atom. The third kappa shape index (κ3) is 5.39. The van der Waals surface area contributed by atoms with Crippen molar-refractivity contribution in [2.24, 2.45) is 0 Å². The van der Waals surface area contributed by atoms with E-state index in [1.807, 2.05) is 0 Å². The minimum Gasteiger partial charge on any atom is -0.394 e. The summed E-state index contributed by atoms with van der Waals surface area (Å²) >= 11 is 4.02. The molecule has 0 bridgehead atoms. The Balaban J connectivity index is 1.23. The van der Waals surface area contributed by atoms with Crippen molar-refractivity contribution in [3.05, 3.63) is 39.3 Å². The summed E-state index contributed by atoms with van der Waals surface area (Å²) in [6.07, 6.45) is -2.75. The molecule has 0 aromatic carbocycles. The summed E-state index contributed by atoms with van der Waals surface area (Å²) in [5.41, 5.74) is 4.68. The number of aliphatic hydroxyl groups is 2. The number of nitrogens with two attached hydrogens (primary N) is 1. The highest BCUT2D eigenvalue weighted by Crippen LogP contribution is 2.56. The molecule has 2 aliphatic rings. The third-order valence-corrected chi connectivity index (χ3v) is 7.79. The van der Waals surface area contributed by atoms with Gasteiger partial charge in [0.1, 0.15) is 42.9 Å². The van der Waals surface area contributed by atoms with E-state index in [9.17, 15) is 24.4 Å². The number of aromatic nitrogens is 7. The fourth-order valence-electron chi connectivity index (χ4n) is 4.35. The summed E-state index contributed by atoms with van der Waals surface area (Å²) in [6, 6.07) is 0. The summed E-state index contributed by atoms with van der Waals surface area (Å²) in [7, 11) is 0. The average molecular weight is 572 g/mol. The van der Waals surface area contributed by atoms with Gasteiger partial charge in [-0.1, -0.05) is 12.2 Å². The molecular weight excluding hydrogens is 547 g/mol. The number of nitrogens with one attached hydrogen (secondary N) is 1. The number of nitrogens with zero attached hydrogens (tertiary/aromatic N) is 6. The van der Waals surface area contributed by atoms with E-state index in [1.165, 1.54) is 10.9 Å². The first-order valence-electron chi connectivity index (χ1n) is 11.4. The zero-order valence-electron chi connectivity index (χ0n) is 19.9. The molecule has 5 heterocycles. The minimum atomic E-state index is -4.04. The van der Waals surface area contributed by atoms with Crippen LogP contribution in [0, 0.1) is 6.92 Å². The van der Waals surface area contributed by atoms with Gasteiger partial charge < -0.3 is 30.4 Å². The lowest BCUT2D eigenvalue weighted by molar-refractivity contribution is -0.0500. The lowest BCUT2D eigenvalue weighted by atomic mass is 10.2. The fourth-order valence-corrected chi connectivity index (χ4v) is 5.87. The highest BCUT2D eigenvalue weighted by molar-refractivity contribution is 8.44. The van der Waals surface area contributed by atoms with Crippen molar-refractivity contribution in [3.63, 3.8) is 0 Å². The number of nitrogen functional groups attached to an aromatic ring is 1. The number of hydrogen-bond acceptors (Lipinski definition) is 14. The Morgan fingerprint density at radius 2 is 1.89 bits per heavy atom. The van der Waals surface area contributed by atoms with Crippen molar-refractivity contribution in [1.29, 1.82) is 0 Å². The number of anilines is 1. The molecule has 17 nitrogen and oxygen atoms in total. The van der Waals surface area contributed by atoms with Gasteiger partial charge in [0.2, 0.25) is 5.95 Å². The van der Waals surface area contributed by atoms with E-state index in [4.69, 9.17) is 24.3 Å². The van der Waals surface area contributed by atoms with Crippen LogP contribution in [0.25, 0.3) is 11.2 Å². The number of hydrogen-bond donors (Lipinski definition) is 5. The SMILES string of the molecule is Cc1nc2c(ncn2[C@H]2C[C@@H](OP(=O)(S)OC[C@H]3O[C@@H](n4cnc(N)nc4=O)C[C@H]3O)[C@@H](CO)O2)c(=O)[nH]1. The van der Waals surface area contributed by atoms with Crippen LogP contribution in [0.2, 0.25) is 0 Å². The minimum absolute atomic E-state index is 0.0267. The van der Waals surface area contributed by atoms with Crippen LogP contribution in [-0.2, 0) is 23.1 Å². The Labute approximate surface area is 218 Å². The maximum Gasteiger partial charge on any atom is 0.386 e. The molecule has 7 atom stereocenters. The average Bonchev–Trinajstić information content (AvgIpc) is 3.54. The summed E-state index contributed by atoms with van der Waals surface area (Å²) in [5.74, 6) is 0.188. The number of aliphatic hydroxyl groups excluding tert-OH is 2. The van der Waals surface area contributed by atoms with E-state index in [2.05, 4.69) is 37.2 Å². The van der Waals surface area contributed by atoms with E-state index < -0.39 is 61.5 Å². The topological polar surface area (TPSA) is 232 Å². The highest BCUT2D eigenvalue weighted by atomic mass is 32.7. The number of rotatable bonds is 8. The van der Waals surface area contributed by atoms with Gasteiger partial charge in [0.15, 0.2) is 11.2 Å². The monoisotopic (exact) mass is 572 g/mol. The molecule has 38 heavy (non-hydrogen) atoms. The van der Waals surface area contributed by atoms with Gasteiger partial charge in [0.25, 0.3) is 5.56 Å². The van der Waals surface area contributed by atoms with Gasteiger partial charge in [0, 0.05) is 12.8 Å². The van der Waals surface area contributed by atoms with Gasteiger partial charge in [-0.05, 0) is 6.92 Å². The maximum absolute atomic E-state index is 13.0. The molecule has 0 saturated carbocycles. The number of fused-ring (bicyclic) bond motifs is 1. The van der Waals surface area contributed by atoms with Crippen LogP contribution in [0.5, 0.6) is 0 Å². The molecule has 0 spiro atoms. The Bertz CT molecular complexity index is 1500. The molecular formula is C19H25N8O9PS. The zero-order valence-corrected chi connectivity index (χ0v) is 21.6. The summed E-state index contributed by atoms with van der Waals surface area (Å²) in [4.78, 5) is 42.4. The van der Waals surface area contributed by atoms with Crippen LogP contribution in [0.3, 0.4) is 0 Å². The third-order valence-electron chi connectivity index (χ3n) is 6.15. The standard InChI is InChI=1S/C19H25N8O9PS/c1-8-23-16-15(17(30)24-8)21-6-26(16)14-3-10(11(4-28)34-14)36-37(32,38)33-5-12-9(29)2-13(35-12)27-7-22-18(20)25-19(27)31/h6-7,9-14,28-29H,2-5H2,1H3,(H,32,38)(H2,20,25,31)(H,23,24,30)/t9-,10-,11-,12-,13-,14-,37?/m1/s1. The zero-order chi connectivity index (χ0) is 27.2. The molecule has 0 amide bonds. The first kappa shape index (κ1) is 26.9. The van der Waals surface area contributed by atoms with Crippen molar-refractivity contribution in [2.75, 3.05) is 18.9 Å². The van der Waals surface area contributed by atoms with Gasteiger partial charge in [-0.25, -0.2) is 24.3 Å². The molecule has 206 valence electrons. The smallest absolute Gasteiger partial charge is 0.386 e. The van der Waals surface area contributed by atoms with Crippen LogP contribution < -0.4 is 17.0 Å². The van der Waals surface area contributed by atoms with Crippen molar-refractivity contribution in [3.8, 4) is 0 Å². The van der Waals surface area contributed by atoms with Crippen LogP contribution >= 0.6 is 19.0 Å². The van der Waals surface area contributed by atoms with Crippen LogP contribution in [0.1, 0.15) is 31.1 Å². The Hall–Kier alpha value is -2.70. The second-order valence-corrected chi connectivity index (χ2v) is 11.6. The summed E-state index contributed by atoms with van der Waals surface area (Å²) in [6.45, 7) is -3.25. The van der Waals surface area contributed by atoms with Gasteiger partial charge >= 0.3 is 12.5 Å². The lowest BCUT2D eigenvalue weighted by Crippen LogP contribution is -2.29. The van der Waals surface area contributed by atoms with Crippen molar-refractivity contribution in [2.45, 2.75) is 56.6 Å². The van der Waals surface area contributed by atoms with Crippen LogP contribution in [0.15, 0.2) is 22.2 Å². The van der Waals surface area contributed by atoms with E-state index in [0.717, 1.165) is 10.9 Å². The van der Waals surface area contributed by atoms with E-state index >= 15 is 0 Å². The highest BCUT2D eigenvalue weighted by Gasteiger charge is 2.42. The molecule has 1 unspecified atom stereocenters. The quantitative estimate of drug-likeness (QED) is 0.161. The molecule has 5 N–H and O–H groups in total. The number of thiol groups is 1. The second kappa shape index (κ2) is 10.5.